The van der Waals surface area contributed by atoms with E-state index < -0.39 is 0 Å². The second-order valence-electron chi connectivity index (χ2n) is 6.01. The van der Waals surface area contributed by atoms with Crippen molar-refractivity contribution in [2.75, 3.05) is 13.6 Å². The van der Waals surface area contributed by atoms with Gasteiger partial charge in [0.2, 0.25) is 0 Å². The SMILES string of the molecule is CC1CCCC(N(C)C(CN)c2ccc(Cl)cc2Br)C1. The molecule has 1 saturated carbocycles. The zero-order valence-electron chi connectivity index (χ0n) is 12.3. The average molecular weight is 360 g/mol. The van der Waals surface area contributed by atoms with Crippen molar-refractivity contribution in [3.05, 3.63) is 33.3 Å². The van der Waals surface area contributed by atoms with Crippen LogP contribution in [0.25, 0.3) is 0 Å². The molecule has 1 aromatic carbocycles. The summed E-state index contributed by atoms with van der Waals surface area (Å²) >= 11 is 9.66. The Bertz CT molecular complexity index is 452. The molecular weight excluding hydrogens is 336 g/mol. The molecule has 0 aliphatic heterocycles. The molecule has 1 fully saturated rings. The van der Waals surface area contributed by atoms with Crippen molar-refractivity contribution < 1.29 is 0 Å². The van der Waals surface area contributed by atoms with E-state index in [-0.39, 0.29) is 6.04 Å². The highest BCUT2D eigenvalue weighted by Gasteiger charge is 2.28. The van der Waals surface area contributed by atoms with Gasteiger partial charge >= 0.3 is 0 Å². The predicted molar refractivity (Wildman–Crippen MR) is 90.1 cm³/mol. The van der Waals surface area contributed by atoms with Crippen molar-refractivity contribution in [3.8, 4) is 0 Å². The number of nitrogens with zero attached hydrogens (tertiary/aromatic N) is 1. The van der Waals surface area contributed by atoms with E-state index in [1.54, 1.807) is 0 Å². The number of hydrogen-bond acceptors (Lipinski definition) is 2. The van der Waals surface area contributed by atoms with Gasteiger partial charge in [0.05, 0.1) is 0 Å². The molecule has 0 radical (unpaired) electrons. The van der Waals surface area contributed by atoms with Gasteiger partial charge in [0.1, 0.15) is 0 Å². The van der Waals surface area contributed by atoms with Gasteiger partial charge in [-0.05, 0) is 43.5 Å². The molecule has 112 valence electrons. The summed E-state index contributed by atoms with van der Waals surface area (Å²) in [4.78, 5) is 2.46. The van der Waals surface area contributed by atoms with E-state index in [9.17, 15) is 0 Å². The summed E-state index contributed by atoms with van der Waals surface area (Å²) in [5.74, 6) is 0.822. The summed E-state index contributed by atoms with van der Waals surface area (Å²) in [6, 6.07) is 6.87. The molecule has 0 bridgehead atoms. The van der Waals surface area contributed by atoms with Crippen LogP contribution in [-0.2, 0) is 0 Å². The molecule has 2 nitrogen and oxygen atoms in total. The van der Waals surface area contributed by atoms with Crippen LogP contribution < -0.4 is 5.73 Å². The Kier molecular flexibility index (Phi) is 5.91. The Hall–Kier alpha value is -0.0900. The van der Waals surface area contributed by atoms with E-state index in [1.807, 2.05) is 12.1 Å². The molecule has 0 amide bonds. The van der Waals surface area contributed by atoms with Gasteiger partial charge in [-0.1, -0.05) is 53.4 Å². The number of halogens is 2. The van der Waals surface area contributed by atoms with Crippen molar-refractivity contribution in [2.24, 2.45) is 11.7 Å². The Morgan fingerprint density at radius 2 is 2.20 bits per heavy atom. The lowest BCUT2D eigenvalue weighted by Crippen LogP contribution is -2.41. The predicted octanol–water partition coefficient (Wildman–Crippen LogP) is 4.61. The normalized spacial score (nSPS) is 24.9. The average Bonchev–Trinajstić information content (AvgIpc) is 2.41. The van der Waals surface area contributed by atoms with Gasteiger partial charge in [-0.2, -0.15) is 0 Å². The molecule has 1 aliphatic rings. The fraction of sp³-hybridized carbons (Fsp3) is 0.625. The van der Waals surface area contributed by atoms with Crippen LogP contribution in [-0.4, -0.2) is 24.5 Å². The van der Waals surface area contributed by atoms with Crippen LogP contribution in [0.1, 0.15) is 44.2 Å². The molecule has 3 atom stereocenters. The summed E-state index contributed by atoms with van der Waals surface area (Å²) in [7, 11) is 2.21. The minimum atomic E-state index is 0.247. The van der Waals surface area contributed by atoms with Crippen LogP contribution in [0.2, 0.25) is 5.02 Å². The van der Waals surface area contributed by atoms with E-state index >= 15 is 0 Å². The van der Waals surface area contributed by atoms with E-state index in [0.29, 0.717) is 12.6 Å². The number of rotatable bonds is 4. The lowest BCUT2D eigenvalue weighted by molar-refractivity contribution is 0.121. The number of nitrogens with two attached hydrogens (primary N) is 1. The fourth-order valence-electron chi connectivity index (χ4n) is 3.31. The first kappa shape index (κ1) is 16.3. The lowest BCUT2D eigenvalue weighted by Gasteiger charge is -2.39. The van der Waals surface area contributed by atoms with Gasteiger partial charge in [-0.25, -0.2) is 0 Å². The number of benzene rings is 1. The van der Waals surface area contributed by atoms with E-state index in [4.69, 9.17) is 17.3 Å². The van der Waals surface area contributed by atoms with E-state index in [2.05, 4.69) is 40.9 Å². The van der Waals surface area contributed by atoms with Crippen molar-refractivity contribution in [1.29, 1.82) is 0 Å². The maximum Gasteiger partial charge on any atom is 0.0481 e. The minimum absolute atomic E-state index is 0.247. The van der Waals surface area contributed by atoms with Gasteiger partial charge in [-0.15, -0.1) is 0 Å². The largest absolute Gasteiger partial charge is 0.329 e. The minimum Gasteiger partial charge on any atom is -0.329 e. The Labute approximate surface area is 135 Å². The Morgan fingerprint density at radius 1 is 1.45 bits per heavy atom. The van der Waals surface area contributed by atoms with Crippen molar-refractivity contribution >= 4 is 27.5 Å². The fourth-order valence-corrected chi connectivity index (χ4v) is 4.26. The standard InChI is InChI=1S/C16H24BrClN2/c1-11-4-3-5-13(8-11)20(2)16(10-19)14-7-6-12(18)9-15(14)17/h6-7,9,11,13,16H,3-5,8,10,19H2,1-2H3. The Morgan fingerprint density at radius 3 is 2.80 bits per heavy atom. The third-order valence-electron chi connectivity index (χ3n) is 4.52. The monoisotopic (exact) mass is 358 g/mol. The summed E-state index contributed by atoms with van der Waals surface area (Å²) in [6.45, 7) is 2.98. The molecule has 1 aliphatic carbocycles. The molecule has 3 unspecified atom stereocenters. The van der Waals surface area contributed by atoms with Gasteiger partial charge in [0.15, 0.2) is 0 Å². The summed E-state index contributed by atoms with van der Waals surface area (Å²) in [5.41, 5.74) is 7.29. The number of hydrogen-bond donors (Lipinski definition) is 1. The molecule has 0 heterocycles. The van der Waals surface area contributed by atoms with Gasteiger partial charge in [-0.3, -0.25) is 4.90 Å². The van der Waals surface area contributed by atoms with Crippen LogP contribution in [0.3, 0.4) is 0 Å². The summed E-state index contributed by atoms with van der Waals surface area (Å²) in [5, 5.41) is 0.755. The molecular formula is C16H24BrClN2. The zero-order valence-corrected chi connectivity index (χ0v) is 14.6. The smallest absolute Gasteiger partial charge is 0.0481 e. The van der Waals surface area contributed by atoms with Gasteiger partial charge < -0.3 is 5.73 Å². The van der Waals surface area contributed by atoms with Crippen LogP contribution in [0.4, 0.5) is 0 Å². The van der Waals surface area contributed by atoms with E-state index in [0.717, 1.165) is 15.4 Å². The van der Waals surface area contributed by atoms with Crippen molar-refractivity contribution in [3.63, 3.8) is 0 Å². The first-order chi connectivity index (χ1) is 9.52. The quantitative estimate of drug-likeness (QED) is 0.850. The van der Waals surface area contributed by atoms with Crippen LogP contribution in [0.15, 0.2) is 22.7 Å². The topological polar surface area (TPSA) is 29.3 Å². The zero-order chi connectivity index (χ0) is 14.7. The Balaban J connectivity index is 2.18. The molecule has 0 spiro atoms. The molecule has 2 N–H and O–H groups in total. The lowest BCUT2D eigenvalue weighted by atomic mass is 9.85. The van der Waals surface area contributed by atoms with Crippen LogP contribution >= 0.6 is 27.5 Å². The first-order valence-corrected chi connectivity index (χ1v) is 8.57. The first-order valence-electron chi connectivity index (χ1n) is 7.40. The van der Waals surface area contributed by atoms with Crippen molar-refractivity contribution in [1.82, 2.24) is 4.90 Å². The van der Waals surface area contributed by atoms with Crippen LogP contribution in [0, 0.1) is 5.92 Å². The molecule has 0 aromatic heterocycles. The molecule has 0 saturated heterocycles. The maximum absolute atomic E-state index is 6.06. The molecule has 2 rings (SSSR count). The summed E-state index contributed by atoms with van der Waals surface area (Å²) in [6.07, 6.45) is 5.25. The second kappa shape index (κ2) is 7.26. The van der Waals surface area contributed by atoms with Gasteiger partial charge in [0.25, 0.3) is 0 Å². The third-order valence-corrected chi connectivity index (χ3v) is 5.44. The maximum atomic E-state index is 6.06. The highest BCUT2D eigenvalue weighted by atomic mass is 79.9. The van der Waals surface area contributed by atoms with E-state index in [1.165, 1.54) is 31.2 Å². The highest BCUT2D eigenvalue weighted by molar-refractivity contribution is 9.10. The summed E-state index contributed by atoms with van der Waals surface area (Å²) < 4.78 is 1.05. The third kappa shape index (κ3) is 3.76. The second-order valence-corrected chi connectivity index (χ2v) is 7.30. The molecule has 4 heteroatoms. The molecule has 1 aromatic rings. The molecule has 20 heavy (non-hydrogen) atoms. The highest BCUT2D eigenvalue weighted by Crippen LogP contribution is 2.34. The van der Waals surface area contributed by atoms with Crippen LogP contribution in [0.5, 0.6) is 0 Å². The van der Waals surface area contributed by atoms with Crippen molar-refractivity contribution in [2.45, 2.75) is 44.7 Å². The number of likely N-dealkylation sites (N-methyl/N-ethyl adjacent to an activating group) is 1. The van der Waals surface area contributed by atoms with Gasteiger partial charge in [0, 0.05) is 28.1 Å².